The number of aromatic amines is 1. The van der Waals surface area contributed by atoms with Gasteiger partial charge in [-0.05, 0) is 42.8 Å². The highest BCUT2D eigenvalue weighted by atomic mass is 16.1. The molecule has 0 aliphatic carbocycles. The normalized spacial score (nSPS) is 11.7. The predicted molar refractivity (Wildman–Crippen MR) is 119 cm³/mol. The number of para-hydroxylation sites is 1. The van der Waals surface area contributed by atoms with Crippen molar-refractivity contribution in [2.75, 3.05) is 18.8 Å². The lowest BCUT2D eigenvalue weighted by molar-refractivity contribution is 0.295. The van der Waals surface area contributed by atoms with E-state index in [2.05, 4.69) is 53.8 Å². The number of nitrogens with zero attached hydrogens (tertiary/aromatic N) is 3. The van der Waals surface area contributed by atoms with Gasteiger partial charge in [-0.1, -0.05) is 50.2 Å². The van der Waals surface area contributed by atoms with Crippen LogP contribution in [0.3, 0.4) is 0 Å². The van der Waals surface area contributed by atoms with Crippen LogP contribution in [0.15, 0.2) is 47.3 Å². The SMILES string of the molecule is CCN(CC)Cc1ccc(Cn2c(=O)[nH]c3c(N)nc4ccccc4c32)cc1C. The van der Waals surface area contributed by atoms with Crippen molar-refractivity contribution >= 4 is 27.8 Å². The Labute approximate surface area is 170 Å². The van der Waals surface area contributed by atoms with Crippen LogP contribution in [0.4, 0.5) is 5.82 Å². The van der Waals surface area contributed by atoms with E-state index in [1.54, 1.807) is 4.57 Å². The second-order valence-corrected chi connectivity index (χ2v) is 7.48. The van der Waals surface area contributed by atoms with Crippen molar-refractivity contribution in [2.24, 2.45) is 0 Å². The number of hydrogen-bond donors (Lipinski definition) is 2. The first-order chi connectivity index (χ1) is 14.0. The van der Waals surface area contributed by atoms with Gasteiger partial charge in [0.25, 0.3) is 0 Å². The molecule has 0 aliphatic heterocycles. The second-order valence-electron chi connectivity index (χ2n) is 7.48. The van der Waals surface area contributed by atoms with Crippen LogP contribution in [0, 0.1) is 6.92 Å². The molecule has 0 amide bonds. The molecule has 2 aromatic carbocycles. The number of anilines is 1. The summed E-state index contributed by atoms with van der Waals surface area (Å²) in [6.45, 7) is 9.99. The second kappa shape index (κ2) is 7.72. The fourth-order valence-corrected chi connectivity index (χ4v) is 3.95. The molecule has 0 aliphatic rings. The standard InChI is InChI=1S/C23H27N5O/c1-4-27(5-2)14-17-11-10-16(12-15(17)3)13-28-21-18-8-6-7-9-19(18)25-22(24)20(21)26-23(28)29/h6-12H,4-5,13-14H2,1-3H3,(H2,24,25)(H,26,29). The van der Waals surface area contributed by atoms with E-state index in [4.69, 9.17) is 5.73 Å². The first kappa shape index (κ1) is 19.2. The zero-order valence-electron chi connectivity index (χ0n) is 17.2. The number of nitrogen functional groups attached to an aromatic ring is 1. The van der Waals surface area contributed by atoms with Gasteiger partial charge >= 0.3 is 5.69 Å². The summed E-state index contributed by atoms with van der Waals surface area (Å²) in [5.41, 5.74) is 11.8. The van der Waals surface area contributed by atoms with E-state index >= 15 is 0 Å². The molecule has 0 unspecified atom stereocenters. The van der Waals surface area contributed by atoms with E-state index in [-0.39, 0.29) is 5.69 Å². The van der Waals surface area contributed by atoms with Gasteiger partial charge in [0.2, 0.25) is 0 Å². The molecule has 29 heavy (non-hydrogen) atoms. The molecule has 2 heterocycles. The van der Waals surface area contributed by atoms with Crippen LogP contribution < -0.4 is 11.4 Å². The molecule has 6 nitrogen and oxygen atoms in total. The maximum Gasteiger partial charge on any atom is 0.326 e. The van der Waals surface area contributed by atoms with Crippen LogP contribution >= 0.6 is 0 Å². The summed E-state index contributed by atoms with van der Waals surface area (Å²) in [5.74, 6) is 0.348. The highest BCUT2D eigenvalue weighted by Gasteiger charge is 2.15. The zero-order valence-corrected chi connectivity index (χ0v) is 17.2. The number of pyridine rings is 1. The number of benzene rings is 2. The lowest BCUT2D eigenvalue weighted by atomic mass is 10.0. The van der Waals surface area contributed by atoms with E-state index < -0.39 is 0 Å². The van der Waals surface area contributed by atoms with Gasteiger partial charge in [0.15, 0.2) is 0 Å². The van der Waals surface area contributed by atoms with Crippen molar-refractivity contribution in [1.82, 2.24) is 19.4 Å². The number of nitrogens with one attached hydrogen (secondary N) is 1. The van der Waals surface area contributed by atoms with Gasteiger partial charge in [0.05, 0.1) is 17.6 Å². The number of imidazole rings is 1. The summed E-state index contributed by atoms with van der Waals surface area (Å²) in [4.78, 5) is 22.4. The summed E-state index contributed by atoms with van der Waals surface area (Å²) in [5, 5.41) is 0.921. The number of hydrogen-bond acceptors (Lipinski definition) is 4. The lowest BCUT2D eigenvalue weighted by Crippen LogP contribution is -2.22. The van der Waals surface area contributed by atoms with Crippen molar-refractivity contribution in [2.45, 2.75) is 33.9 Å². The number of aromatic nitrogens is 3. The van der Waals surface area contributed by atoms with Gasteiger partial charge in [-0.25, -0.2) is 9.78 Å². The van der Waals surface area contributed by atoms with Crippen LogP contribution in [0.25, 0.3) is 21.9 Å². The molecule has 0 fully saturated rings. The van der Waals surface area contributed by atoms with Crippen molar-refractivity contribution in [1.29, 1.82) is 0 Å². The molecule has 4 aromatic rings. The van der Waals surface area contributed by atoms with Gasteiger partial charge in [0.1, 0.15) is 11.3 Å². The Morgan fingerprint density at radius 3 is 2.62 bits per heavy atom. The van der Waals surface area contributed by atoms with Crippen molar-refractivity contribution < 1.29 is 0 Å². The zero-order chi connectivity index (χ0) is 20.5. The average Bonchev–Trinajstić information content (AvgIpc) is 3.05. The van der Waals surface area contributed by atoms with E-state index in [0.29, 0.717) is 17.9 Å². The highest BCUT2D eigenvalue weighted by molar-refractivity contribution is 6.06. The third-order valence-electron chi connectivity index (χ3n) is 5.68. The Kier molecular flexibility index (Phi) is 5.11. The van der Waals surface area contributed by atoms with Gasteiger partial charge < -0.3 is 10.7 Å². The summed E-state index contributed by atoms with van der Waals surface area (Å²) in [7, 11) is 0. The number of aryl methyl sites for hydroxylation is 1. The monoisotopic (exact) mass is 389 g/mol. The molecule has 0 atom stereocenters. The minimum Gasteiger partial charge on any atom is -0.382 e. The summed E-state index contributed by atoms with van der Waals surface area (Å²) in [6, 6.07) is 14.2. The molecule has 150 valence electrons. The fraction of sp³-hybridized carbons (Fsp3) is 0.304. The molecule has 3 N–H and O–H groups in total. The van der Waals surface area contributed by atoms with E-state index in [9.17, 15) is 4.79 Å². The minimum absolute atomic E-state index is 0.172. The Morgan fingerprint density at radius 1 is 1.14 bits per heavy atom. The van der Waals surface area contributed by atoms with E-state index in [1.165, 1.54) is 11.1 Å². The van der Waals surface area contributed by atoms with Crippen LogP contribution in [0.5, 0.6) is 0 Å². The van der Waals surface area contributed by atoms with Crippen LogP contribution in [-0.4, -0.2) is 32.5 Å². The van der Waals surface area contributed by atoms with Crippen LogP contribution in [-0.2, 0) is 13.1 Å². The molecule has 2 aromatic heterocycles. The molecule has 0 radical (unpaired) electrons. The maximum absolute atomic E-state index is 12.7. The first-order valence-corrected chi connectivity index (χ1v) is 10.1. The lowest BCUT2D eigenvalue weighted by Gasteiger charge is -2.19. The molecular formula is C23H27N5O. The van der Waals surface area contributed by atoms with E-state index in [1.807, 2.05) is 24.3 Å². The Balaban J connectivity index is 1.76. The molecule has 0 saturated heterocycles. The predicted octanol–water partition coefficient (Wildman–Crippen LogP) is 3.66. The Hall–Kier alpha value is -3.12. The number of nitrogens with two attached hydrogens (primary N) is 1. The van der Waals surface area contributed by atoms with Crippen molar-refractivity contribution in [3.8, 4) is 0 Å². The topological polar surface area (TPSA) is 79.9 Å². The van der Waals surface area contributed by atoms with Crippen LogP contribution in [0.2, 0.25) is 0 Å². The third kappa shape index (κ3) is 3.51. The molecule has 6 heteroatoms. The largest absolute Gasteiger partial charge is 0.382 e. The van der Waals surface area contributed by atoms with Crippen molar-refractivity contribution in [3.63, 3.8) is 0 Å². The number of fused-ring (bicyclic) bond motifs is 3. The minimum atomic E-state index is -0.172. The smallest absolute Gasteiger partial charge is 0.326 e. The third-order valence-corrected chi connectivity index (χ3v) is 5.68. The van der Waals surface area contributed by atoms with Gasteiger partial charge in [0, 0.05) is 11.9 Å². The van der Waals surface area contributed by atoms with Gasteiger partial charge in [-0.2, -0.15) is 0 Å². The summed E-state index contributed by atoms with van der Waals surface area (Å²) < 4.78 is 1.76. The molecular weight excluding hydrogens is 362 g/mol. The Morgan fingerprint density at radius 2 is 1.90 bits per heavy atom. The summed E-state index contributed by atoms with van der Waals surface area (Å²) >= 11 is 0. The Bertz CT molecular complexity index is 1230. The maximum atomic E-state index is 12.7. The number of rotatable bonds is 6. The molecule has 0 bridgehead atoms. The highest BCUT2D eigenvalue weighted by Crippen LogP contribution is 2.26. The van der Waals surface area contributed by atoms with E-state index in [0.717, 1.165) is 41.6 Å². The van der Waals surface area contributed by atoms with Gasteiger partial charge in [-0.15, -0.1) is 0 Å². The van der Waals surface area contributed by atoms with Crippen LogP contribution in [0.1, 0.15) is 30.5 Å². The van der Waals surface area contributed by atoms with Gasteiger partial charge in [-0.3, -0.25) is 9.47 Å². The fourth-order valence-electron chi connectivity index (χ4n) is 3.95. The quantitative estimate of drug-likeness (QED) is 0.527. The average molecular weight is 390 g/mol. The number of H-pyrrole nitrogens is 1. The molecule has 0 saturated carbocycles. The first-order valence-electron chi connectivity index (χ1n) is 10.1. The molecule has 0 spiro atoms. The molecule has 4 rings (SSSR count). The summed E-state index contributed by atoms with van der Waals surface area (Å²) in [6.07, 6.45) is 0. The van der Waals surface area contributed by atoms with Crippen molar-refractivity contribution in [3.05, 3.63) is 69.6 Å².